The van der Waals surface area contributed by atoms with Gasteiger partial charge in [-0.05, 0) is 87.0 Å². The van der Waals surface area contributed by atoms with Crippen molar-refractivity contribution in [1.29, 1.82) is 0 Å². The van der Waals surface area contributed by atoms with Gasteiger partial charge in [-0.1, -0.05) is 334 Å². The lowest BCUT2D eigenvalue weighted by atomic mass is 10.1. The SMILES string of the molecule is NCCCCCOP(OCc1ccccc1)OCC(OCc1ccccc1)C(OCc1ccccc1)C(COC1OC(COCc2ccccc2)C(OP(OCc2ccccc2)OCC(OCc2ccccc2)C(OCc2ccccc2)C(COC2OC(COCc3ccccc3)C(OCc3ccccc3)C2F)OCc2ccccc2)C1F)OCc1ccccc1. The van der Waals surface area contributed by atoms with Crippen molar-refractivity contribution in [1.82, 2.24) is 0 Å². The number of benzene rings is 11. The van der Waals surface area contributed by atoms with Crippen molar-refractivity contribution in [2.45, 2.75) is 178 Å². The molecule has 2 aliphatic heterocycles. The maximum atomic E-state index is 18.9. The average Bonchev–Trinajstić information content (AvgIpc) is 1.64. The van der Waals surface area contributed by atoms with E-state index >= 15 is 8.78 Å². The molecule has 16 unspecified atom stereocenters. The van der Waals surface area contributed by atoms with Crippen LogP contribution in [0.2, 0.25) is 0 Å². The van der Waals surface area contributed by atoms with Crippen LogP contribution in [0.1, 0.15) is 80.5 Å². The fraction of sp³-hybridized carbons (Fsp3) is 0.353. The van der Waals surface area contributed by atoms with Crippen molar-refractivity contribution >= 4 is 17.2 Å². The molecule has 0 radical (unpaired) electrons. The van der Waals surface area contributed by atoms with Crippen LogP contribution < -0.4 is 5.73 Å². The Labute approximate surface area is 741 Å². The number of halogens is 2. The second-order valence-corrected chi connectivity index (χ2v) is 33.0. The molecule has 0 amide bonds. The highest BCUT2D eigenvalue weighted by molar-refractivity contribution is 7.41. The first-order chi connectivity index (χ1) is 62.3. The molecule has 24 heteroatoms. The Morgan fingerprint density at radius 3 is 0.889 bits per heavy atom. The Balaban J connectivity index is 0.815. The zero-order valence-electron chi connectivity index (χ0n) is 70.9. The molecule has 0 aliphatic carbocycles. The molecular formula is C102H115F2NO19P2. The number of ether oxygens (including phenoxy) is 13. The zero-order valence-corrected chi connectivity index (χ0v) is 72.7. The van der Waals surface area contributed by atoms with Gasteiger partial charge in [0.2, 0.25) is 0 Å². The summed E-state index contributed by atoms with van der Waals surface area (Å²) < 4.78 is 166. The van der Waals surface area contributed by atoms with Crippen LogP contribution in [0.5, 0.6) is 0 Å². The highest BCUT2D eigenvalue weighted by Gasteiger charge is 2.51. The third-order valence-electron chi connectivity index (χ3n) is 21.0. The maximum Gasteiger partial charge on any atom is 0.333 e. The third-order valence-corrected chi connectivity index (χ3v) is 23.2. The summed E-state index contributed by atoms with van der Waals surface area (Å²) >= 11 is 0. The van der Waals surface area contributed by atoms with Crippen LogP contribution in [-0.4, -0.2) is 139 Å². The van der Waals surface area contributed by atoms with Gasteiger partial charge in [-0.2, -0.15) is 0 Å². The van der Waals surface area contributed by atoms with Crippen LogP contribution >= 0.6 is 17.2 Å². The van der Waals surface area contributed by atoms with E-state index in [1.54, 1.807) is 0 Å². The monoisotopic (exact) mass is 1760 g/mol. The second-order valence-electron chi connectivity index (χ2n) is 30.6. The lowest BCUT2D eigenvalue weighted by Gasteiger charge is -2.35. The minimum Gasteiger partial charge on any atom is -0.374 e. The fourth-order valence-electron chi connectivity index (χ4n) is 14.2. The first kappa shape index (κ1) is 94.9. The molecule has 0 saturated carbocycles. The molecule has 2 heterocycles. The van der Waals surface area contributed by atoms with Gasteiger partial charge in [-0.15, -0.1) is 0 Å². The van der Waals surface area contributed by atoms with Gasteiger partial charge in [0.15, 0.2) is 24.9 Å². The Morgan fingerprint density at radius 2 is 0.548 bits per heavy atom. The van der Waals surface area contributed by atoms with Crippen LogP contribution in [0, 0.1) is 0 Å². The largest absolute Gasteiger partial charge is 0.374 e. The number of nitrogens with two attached hydrogens (primary N) is 1. The number of alkyl halides is 2. The van der Waals surface area contributed by atoms with Gasteiger partial charge >= 0.3 is 17.2 Å². The molecular weight excluding hydrogens is 1640 g/mol. The normalized spacial score (nSPS) is 19.5. The molecule has 0 spiro atoms. The van der Waals surface area contributed by atoms with E-state index in [0.29, 0.717) is 13.2 Å². The minimum absolute atomic E-state index is 0.00153. The quantitative estimate of drug-likeness (QED) is 0.0278. The summed E-state index contributed by atoms with van der Waals surface area (Å²) in [5, 5.41) is 0. The molecule has 20 nitrogen and oxygen atoms in total. The van der Waals surface area contributed by atoms with Gasteiger partial charge in [0.05, 0.1) is 119 Å². The molecule has 13 rings (SSSR count). The summed E-state index contributed by atoms with van der Waals surface area (Å²) in [6.45, 7) is 0.962. The van der Waals surface area contributed by atoms with E-state index in [2.05, 4.69) is 0 Å². The van der Waals surface area contributed by atoms with Crippen LogP contribution in [0.3, 0.4) is 0 Å². The third kappa shape index (κ3) is 32.5. The van der Waals surface area contributed by atoms with Gasteiger partial charge in [-0.25, -0.2) is 8.78 Å². The van der Waals surface area contributed by atoms with E-state index < -0.39 is 103 Å². The molecule has 2 saturated heterocycles. The van der Waals surface area contributed by atoms with Crippen LogP contribution in [0.25, 0.3) is 0 Å². The number of unbranched alkanes of at least 4 members (excludes halogenated alkanes) is 2. The summed E-state index contributed by atoms with van der Waals surface area (Å²) in [7, 11) is -4.61. The predicted molar refractivity (Wildman–Crippen MR) is 478 cm³/mol. The number of rotatable bonds is 59. The summed E-state index contributed by atoms with van der Waals surface area (Å²) in [6.07, 6.45) is -15.2. The van der Waals surface area contributed by atoms with Gasteiger partial charge in [-0.3, -0.25) is 0 Å². The smallest absolute Gasteiger partial charge is 0.333 e. The van der Waals surface area contributed by atoms with Gasteiger partial charge in [0.1, 0.15) is 61.0 Å². The van der Waals surface area contributed by atoms with Crippen molar-refractivity contribution in [3.63, 3.8) is 0 Å². The van der Waals surface area contributed by atoms with Crippen LogP contribution in [-0.2, 0) is 161 Å². The molecule has 11 aromatic carbocycles. The topological polar surface area (TPSA) is 201 Å². The maximum absolute atomic E-state index is 18.9. The second kappa shape index (κ2) is 54.6. The van der Waals surface area contributed by atoms with E-state index in [4.69, 9.17) is 94.5 Å². The lowest BCUT2D eigenvalue weighted by Crippen LogP contribution is -2.48. The first-order valence-electron chi connectivity index (χ1n) is 43.1. The zero-order chi connectivity index (χ0) is 86.5. The first-order valence-corrected chi connectivity index (χ1v) is 45.3. The van der Waals surface area contributed by atoms with Crippen molar-refractivity contribution in [3.05, 3.63) is 395 Å². The number of hydrogen-bond acceptors (Lipinski definition) is 20. The Morgan fingerprint density at radius 1 is 0.270 bits per heavy atom. The molecule has 126 heavy (non-hydrogen) atoms. The van der Waals surface area contributed by atoms with Crippen LogP contribution in [0.4, 0.5) is 8.78 Å². The van der Waals surface area contributed by atoms with Crippen molar-refractivity contribution in [2.75, 3.05) is 52.8 Å². The molecule has 0 aromatic heterocycles. The molecule has 0 bridgehead atoms. The van der Waals surface area contributed by atoms with Crippen molar-refractivity contribution in [3.8, 4) is 0 Å². The molecule has 2 fully saturated rings. The molecule has 2 N–H and O–H groups in total. The number of hydrogen-bond donors (Lipinski definition) is 1. The van der Waals surface area contributed by atoms with Gasteiger partial charge in [0.25, 0.3) is 0 Å². The Kier molecular flexibility index (Phi) is 41.2. The molecule has 16 atom stereocenters. The average molecular weight is 1760 g/mol. The molecule has 2 aliphatic rings. The van der Waals surface area contributed by atoms with E-state index in [1.165, 1.54) is 0 Å². The van der Waals surface area contributed by atoms with E-state index in [0.717, 1.165) is 80.5 Å². The standard InChI is InChI=1S/C102H115F2NO19P2/c103-95-99(114-69-86-53-29-9-30-54-86)93(72-106-61-78-37-13-1-14-38-78)122-101(95)115-74-89(108-63-80-41-17-3-18-42-80)98(113-68-85-51-27-8-28-52-85)92(111-66-83-47-23-6-24-48-83)77-121-126(119-71-88-57-33-11-34-58-88)124-100-94(73-107-62-79-39-15-2-16-40-79)123-102(96(100)104)116-75-90(109-64-81-43-19-4-20-44-81)97(112-67-84-49-25-7-26-50-84)91(110-65-82-45-21-5-22-46-82)76-120-125(117-60-36-12-35-59-105)118-70-87-55-31-10-32-56-87/h1-11,13-34,37-58,89-102H,12,35-36,59-77,105H2. The van der Waals surface area contributed by atoms with Crippen molar-refractivity contribution < 1.29 is 97.5 Å². The van der Waals surface area contributed by atoms with Crippen LogP contribution in [0.15, 0.2) is 334 Å². The fourth-order valence-corrected chi connectivity index (χ4v) is 16.3. The Bertz CT molecular complexity index is 4640. The van der Waals surface area contributed by atoms with E-state index in [9.17, 15) is 0 Å². The molecule has 666 valence electrons. The predicted octanol–water partition coefficient (Wildman–Crippen LogP) is 20.1. The lowest BCUT2D eigenvalue weighted by molar-refractivity contribution is -0.212. The summed E-state index contributed by atoms with van der Waals surface area (Å²) in [6, 6.07) is 107. The van der Waals surface area contributed by atoms with E-state index in [1.807, 2.05) is 334 Å². The summed E-state index contributed by atoms with van der Waals surface area (Å²) in [5.74, 6) is 0. The van der Waals surface area contributed by atoms with E-state index in [-0.39, 0.29) is 112 Å². The van der Waals surface area contributed by atoms with Crippen molar-refractivity contribution in [2.24, 2.45) is 5.73 Å². The highest BCUT2D eigenvalue weighted by atomic mass is 31.2. The summed E-state index contributed by atoms with van der Waals surface area (Å²) in [5.41, 5.74) is 15.4. The molecule has 11 aromatic rings. The minimum atomic E-state index is -2.63. The highest BCUT2D eigenvalue weighted by Crippen LogP contribution is 2.47. The van der Waals surface area contributed by atoms with Gasteiger partial charge in [0, 0.05) is 0 Å². The Hall–Kier alpha value is -8.66. The van der Waals surface area contributed by atoms with Gasteiger partial charge < -0.3 is 94.5 Å². The summed E-state index contributed by atoms with van der Waals surface area (Å²) in [4.78, 5) is 0.